The number of carbonyl (C=O) groups excluding carboxylic acids is 3. The molecule has 0 radical (unpaired) electrons. The van der Waals surface area contributed by atoms with E-state index < -0.39 is 41.6 Å². The van der Waals surface area contributed by atoms with Crippen molar-refractivity contribution >= 4 is 23.9 Å². The van der Waals surface area contributed by atoms with E-state index in [1.165, 1.54) is 11.0 Å². The summed E-state index contributed by atoms with van der Waals surface area (Å²) in [7, 11) is 0. The fourth-order valence-corrected chi connectivity index (χ4v) is 3.68. The summed E-state index contributed by atoms with van der Waals surface area (Å²) in [4.78, 5) is 51.2. The van der Waals surface area contributed by atoms with Crippen molar-refractivity contribution < 1.29 is 38.5 Å². The zero-order valence-electron chi connectivity index (χ0n) is 24.0. The molecule has 1 aromatic carbocycles. The highest BCUT2D eigenvalue weighted by atomic mass is 16.6. The number of alkyl carbamates (subject to hydrolysis) is 1. The van der Waals surface area contributed by atoms with Gasteiger partial charge in [-0.15, -0.1) is 0 Å². The molecule has 0 spiro atoms. The van der Waals surface area contributed by atoms with Crippen LogP contribution in [0.1, 0.15) is 72.8 Å². The number of nitrogens with zero attached hydrogens (tertiary/aromatic N) is 1. The van der Waals surface area contributed by atoms with Gasteiger partial charge in [0.2, 0.25) is 5.91 Å². The van der Waals surface area contributed by atoms with Gasteiger partial charge in [0.15, 0.2) is 0 Å². The van der Waals surface area contributed by atoms with Gasteiger partial charge in [0.25, 0.3) is 0 Å². The van der Waals surface area contributed by atoms with Crippen molar-refractivity contribution in [1.82, 2.24) is 10.2 Å². The van der Waals surface area contributed by atoms with Gasteiger partial charge in [0.1, 0.15) is 30.0 Å². The summed E-state index contributed by atoms with van der Waals surface area (Å²) >= 11 is 0. The average Bonchev–Trinajstić information content (AvgIpc) is 2.85. The van der Waals surface area contributed by atoms with Crippen LogP contribution < -0.4 is 10.1 Å². The zero-order chi connectivity index (χ0) is 29.6. The number of unbranched alkanes of at least 4 members (excludes halogenated alkanes) is 1. The second-order valence-corrected chi connectivity index (χ2v) is 10.4. The molecule has 10 heteroatoms. The first kappa shape index (κ1) is 33.5. The van der Waals surface area contributed by atoms with E-state index in [4.69, 9.17) is 19.3 Å². The van der Waals surface area contributed by atoms with E-state index in [-0.39, 0.29) is 25.5 Å². The van der Waals surface area contributed by atoms with Crippen LogP contribution in [0.4, 0.5) is 4.79 Å². The molecule has 10 nitrogen and oxygen atoms in total. The van der Waals surface area contributed by atoms with Crippen molar-refractivity contribution in [1.29, 1.82) is 0 Å². The minimum absolute atomic E-state index is 0.0119. The van der Waals surface area contributed by atoms with Gasteiger partial charge >= 0.3 is 18.0 Å². The van der Waals surface area contributed by atoms with Crippen LogP contribution in [0.15, 0.2) is 36.9 Å². The Labute approximate surface area is 231 Å². The smallest absolute Gasteiger partial charge is 0.408 e. The minimum Gasteiger partial charge on any atom is -0.494 e. The van der Waals surface area contributed by atoms with E-state index in [9.17, 15) is 19.2 Å². The zero-order valence-corrected chi connectivity index (χ0v) is 24.0. The van der Waals surface area contributed by atoms with Crippen molar-refractivity contribution in [2.45, 2.75) is 91.5 Å². The largest absolute Gasteiger partial charge is 0.494 e. The van der Waals surface area contributed by atoms with Gasteiger partial charge in [-0.2, -0.15) is 0 Å². The summed E-state index contributed by atoms with van der Waals surface area (Å²) in [5.41, 5.74) is 0.0104. The molecule has 1 aromatic rings. The topological polar surface area (TPSA) is 131 Å². The monoisotopic (exact) mass is 548 g/mol. The Balaban J connectivity index is 3.13. The molecular formula is C29H44N2O8. The SMILES string of the molecule is C=CCOC(=O)[C@H]([C@@H](C)CC)N(Cc1ccc(OCCCCC(=O)O)cc1)C(=O)[C@H](C)NC(=O)OC(C)(C)C. The highest BCUT2D eigenvalue weighted by Crippen LogP contribution is 2.22. The first-order chi connectivity index (χ1) is 18.3. The van der Waals surface area contributed by atoms with Crippen LogP contribution in [0, 0.1) is 5.92 Å². The standard InChI is InChI=1S/C29H44N2O8/c1-8-17-38-27(35)25(20(3)9-2)31(26(34)21(4)30-28(36)39-29(5,6)7)19-22-13-15-23(16-14-22)37-18-11-10-12-24(32)33/h8,13-16,20-21,25H,1,9-12,17-19H2,2-7H3,(H,30,36)(H,32,33)/t20-,21-,25-/m0/s1. The molecule has 0 heterocycles. The third-order valence-electron chi connectivity index (χ3n) is 5.82. The van der Waals surface area contributed by atoms with Crippen molar-refractivity contribution in [2.24, 2.45) is 5.92 Å². The van der Waals surface area contributed by atoms with E-state index in [1.54, 1.807) is 52.0 Å². The second-order valence-electron chi connectivity index (χ2n) is 10.4. The third kappa shape index (κ3) is 12.7. The van der Waals surface area contributed by atoms with Gasteiger partial charge < -0.3 is 29.5 Å². The molecule has 0 aromatic heterocycles. The minimum atomic E-state index is -0.966. The number of aliphatic carboxylic acids is 1. The highest BCUT2D eigenvalue weighted by Gasteiger charge is 2.37. The molecule has 0 bridgehead atoms. The maximum Gasteiger partial charge on any atom is 0.408 e. The number of rotatable bonds is 16. The lowest BCUT2D eigenvalue weighted by molar-refractivity contribution is -0.158. The summed E-state index contributed by atoms with van der Waals surface area (Å²) in [5.74, 6) is -1.47. The van der Waals surface area contributed by atoms with E-state index in [0.29, 0.717) is 31.6 Å². The Kier molecular flexibility index (Phi) is 14.1. The molecule has 0 saturated carbocycles. The predicted molar refractivity (Wildman–Crippen MR) is 147 cm³/mol. The summed E-state index contributed by atoms with van der Waals surface area (Å²) in [6, 6.07) is 5.24. The number of esters is 1. The molecule has 0 aliphatic rings. The normalized spacial score (nSPS) is 13.4. The fraction of sp³-hybridized carbons (Fsp3) is 0.586. The van der Waals surface area contributed by atoms with Crippen molar-refractivity contribution in [3.63, 3.8) is 0 Å². The first-order valence-corrected chi connectivity index (χ1v) is 13.3. The van der Waals surface area contributed by atoms with E-state index in [2.05, 4.69) is 11.9 Å². The maximum absolute atomic E-state index is 13.7. The Morgan fingerprint density at radius 1 is 1.10 bits per heavy atom. The maximum atomic E-state index is 13.7. The summed E-state index contributed by atoms with van der Waals surface area (Å²) in [6.07, 6.45) is 2.58. The van der Waals surface area contributed by atoms with Gasteiger partial charge in [-0.05, 0) is 64.2 Å². The lowest BCUT2D eigenvalue weighted by Crippen LogP contribution is -2.55. The van der Waals surface area contributed by atoms with Crippen LogP contribution in [0.25, 0.3) is 0 Å². The molecule has 2 N–H and O–H groups in total. The van der Waals surface area contributed by atoms with Crippen LogP contribution in [0.3, 0.4) is 0 Å². The summed E-state index contributed by atoms with van der Waals surface area (Å²) < 4.78 is 16.3. The molecule has 1 rings (SSSR count). The number of carbonyl (C=O) groups is 4. The first-order valence-electron chi connectivity index (χ1n) is 13.3. The van der Waals surface area contributed by atoms with Crippen LogP contribution in [0.5, 0.6) is 5.75 Å². The summed E-state index contributed by atoms with van der Waals surface area (Å²) in [6.45, 7) is 14.6. The van der Waals surface area contributed by atoms with E-state index in [1.807, 2.05) is 13.8 Å². The Hall–Kier alpha value is -3.56. The molecule has 2 amide bonds. The lowest BCUT2D eigenvalue weighted by atomic mass is 9.96. The fourth-order valence-electron chi connectivity index (χ4n) is 3.68. The van der Waals surface area contributed by atoms with Crippen LogP contribution >= 0.6 is 0 Å². The van der Waals surface area contributed by atoms with E-state index >= 15 is 0 Å². The van der Waals surface area contributed by atoms with Crippen molar-refractivity contribution in [3.05, 3.63) is 42.5 Å². The number of carboxylic acid groups (broad SMARTS) is 1. The Morgan fingerprint density at radius 3 is 2.28 bits per heavy atom. The third-order valence-corrected chi connectivity index (χ3v) is 5.82. The lowest BCUT2D eigenvalue weighted by Gasteiger charge is -2.35. The van der Waals surface area contributed by atoms with Gasteiger partial charge in [-0.3, -0.25) is 9.59 Å². The molecule has 3 atom stereocenters. The van der Waals surface area contributed by atoms with Gasteiger partial charge in [0.05, 0.1) is 6.61 Å². The molecule has 218 valence electrons. The van der Waals surface area contributed by atoms with Crippen molar-refractivity contribution in [2.75, 3.05) is 13.2 Å². The van der Waals surface area contributed by atoms with Crippen LogP contribution in [0.2, 0.25) is 0 Å². The number of hydrogen-bond donors (Lipinski definition) is 2. The number of carboxylic acids is 1. The molecule has 0 unspecified atom stereocenters. The van der Waals surface area contributed by atoms with Crippen LogP contribution in [-0.4, -0.2) is 64.8 Å². The van der Waals surface area contributed by atoms with Gasteiger partial charge in [-0.25, -0.2) is 9.59 Å². The number of amides is 2. The average molecular weight is 549 g/mol. The molecule has 0 saturated heterocycles. The van der Waals surface area contributed by atoms with Gasteiger partial charge in [-0.1, -0.05) is 45.1 Å². The van der Waals surface area contributed by atoms with E-state index in [0.717, 1.165) is 5.56 Å². The molecule has 39 heavy (non-hydrogen) atoms. The number of ether oxygens (including phenoxy) is 3. The quantitative estimate of drug-likeness (QED) is 0.173. The molecule has 0 fully saturated rings. The van der Waals surface area contributed by atoms with Gasteiger partial charge in [0, 0.05) is 13.0 Å². The molecule has 0 aliphatic heterocycles. The molecular weight excluding hydrogens is 504 g/mol. The number of hydrogen-bond acceptors (Lipinski definition) is 7. The van der Waals surface area contributed by atoms with Crippen molar-refractivity contribution in [3.8, 4) is 5.75 Å². The highest BCUT2D eigenvalue weighted by molar-refractivity contribution is 5.89. The second kappa shape index (κ2) is 16.4. The number of benzene rings is 1. The Morgan fingerprint density at radius 2 is 1.74 bits per heavy atom. The molecule has 0 aliphatic carbocycles. The summed E-state index contributed by atoms with van der Waals surface area (Å²) in [5, 5.41) is 11.3. The Bertz CT molecular complexity index is 955. The number of nitrogens with one attached hydrogen (secondary N) is 1. The van der Waals surface area contributed by atoms with Crippen LogP contribution in [-0.2, 0) is 30.4 Å². The predicted octanol–water partition coefficient (Wildman–Crippen LogP) is 4.71.